The Balaban J connectivity index is 2.30. The van der Waals surface area contributed by atoms with Gasteiger partial charge in [0.2, 0.25) is 6.04 Å². The van der Waals surface area contributed by atoms with Crippen LogP contribution in [0.4, 0.5) is 13.2 Å². The van der Waals surface area contributed by atoms with Gasteiger partial charge >= 0.3 is 6.18 Å². The fourth-order valence-electron chi connectivity index (χ4n) is 2.21. The van der Waals surface area contributed by atoms with Crippen LogP contribution in [0.5, 0.6) is 5.75 Å². The Bertz CT molecular complexity index is 475. The molecule has 18 heavy (non-hydrogen) atoms. The number of hydrogen-bond acceptors (Lipinski definition) is 3. The maximum Gasteiger partial charge on any atom is 0.399 e. The summed E-state index contributed by atoms with van der Waals surface area (Å²) < 4.78 is 42.8. The van der Waals surface area contributed by atoms with Crippen LogP contribution in [0.25, 0.3) is 0 Å². The average Bonchev–Trinajstić information content (AvgIpc) is 3.04. The molecule has 0 aromatic heterocycles. The van der Waals surface area contributed by atoms with Gasteiger partial charge in [-0.05, 0) is 17.7 Å². The molecule has 1 saturated carbocycles. The zero-order chi connectivity index (χ0) is 13.5. The Labute approximate surface area is 101 Å². The quantitative estimate of drug-likeness (QED) is 0.620. The summed E-state index contributed by atoms with van der Waals surface area (Å²) in [6.07, 6.45) is -4.55. The van der Waals surface area contributed by atoms with E-state index in [0.717, 1.165) is 0 Å². The van der Waals surface area contributed by atoms with Crippen molar-refractivity contribution in [2.45, 2.75) is 18.1 Å². The third kappa shape index (κ3) is 2.12. The summed E-state index contributed by atoms with van der Waals surface area (Å²) in [5.41, 5.74) is 0.290. The highest BCUT2D eigenvalue weighted by Gasteiger charge is 2.72. The molecule has 1 aliphatic carbocycles. The predicted molar refractivity (Wildman–Crippen MR) is 56.1 cm³/mol. The highest BCUT2D eigenvalue weighted by Crippen LogP contribution is 2.57. The number of alkyl halides is 3. The number of benzene rings is 1. The first-order valence-corrected chi connectivity index (χ1v) is 5.20. The van der Waals surface area contributed by atoms with Crippen LogP contribution >= 0.6 is 0 Å². The van der Waals surface area contributed by atoms with E-state index < -0.39 is 29.0 Å². The third-order valence-corrected chi connectivity index (χ3v) is 3.08. The van der Waals surface area contributed by atoms with Crippen molar-refractivity contribution in [1.82, 2.24) is 0 Å². The molecule has 1 aromatic carbocycles. The molecule has 1 aromatic rings. The second-order valence-electron chi connectivity index (χ2n) is 4.15. The van der Waals surface area contributed by atoms with Gasteiger partial charge in [0.1, 0.15) is 11.7 Å². The minimum Gasteiger partial charge on any atom is -0.497 e. The topological polar surface area (TPSA) is 52.4 Å². The lowest BCUT2D eigenvalue weighted by Gasteiger charge is -2.04. The molecule has 4 nitrogen and oxygen atoms in total. The van der Waals surface area contributed by atoms with Crippen LogP contribution in [0.3, 0.4) is 0 Å². The monoisotopic (exact) mass is 261 g/mol. The standard InChI is InChI=1S/C11H10F3NO3/c1-18-7-4-2-3-6(5-7)8-9(11(12,13)14)10(8)15(16)17/h2-5,8-10H,1H3/t8-,9+,10+/m0/s1. The molecule has 0 aliphatic heterocycles. The van der Waals surface area contributed by atoms with E-state index in [1.165, 1.54) is 25.3 Å². The molecule has 0 radical (unpaired) electrons. The second kappa shape index (κ2) is 4.15. The van der Waals surface area contributed by atoms with Crippen molar-refractivity contribution in [3.05, 3.63) is 39.9 Å². The Hall–Kier alpha value is -1.79. The molecule has 1 fully saturated rings. The molecule has 0 saturated heterocycles. The number of rotatable bonds is 3. The lowest BCUT2D eigenvalue weighted by molar-refractivity contribution is -0.503. The van der Waals surface area contributed by atoms with Crippen molar-refractivity contribution >= 4 is 0 Å². The zero-order valence-corrected chi connectivity index (χ0v) is 9.35. The van der Waals surface area contributed by atoms with Crippen LogP contribution in [0.15, 0.2) is 24.3 Å². The van der Waals surface area contributed by atoms with Crippen molar-refractivity contribution in [3.63, 3.8) is 0 Å². The number of nitro groups is 1. The first kappa shape index (κ1) is 12.7. The SMILES string of the molecule is COc1cccc([C@@H]2[C@@H]([N+](=O)[O-])[C@@H]2C(F)(F)F)c1. The van der Waals surface area contributed by atoms with Crippen LogP contribution < -0.4 is 4.74 Å². The third-order valence-electron chi connectivity index (χ3n) is 3.08. The van der Waals surface area contributed by atoms with E-state index in [0.29, 0.717) is 11.3 Å². The molecule has 7 heteroatoms. The second-order valence-corrected chi connectivity index (χ2v) is 4.15. The number of hydrogen-bond donors (Lipinski definition) is 0. The summed E-state index contributed by atoms with van der Waals surface area (Å²) in [7, 11) is 1.39. The summed E-state index contributed by atoms with van der Waals surface area (Å²) in [4.78, 5) is 9.77. The minimum atomic E-state index is -4.55. The highest BCUT2D eigenvalue weighted by atomic mass is 19.4. The highest BCUT2D eigenvalue weighted by molar-refractivity contribution is 5.36. The number of ether oxygens (including phenoxy) is 1. The van der Waals surface area contributed by atoms with E-state index in [2.05, 4.69) is 0 Å². The fraction of sp³-hybridized carbons (Fsp3) is 0.455. The van der Waals surface area contributed by atoms with Gasteiger partial charge in [0.15, 0.2) is 0 Å². The summed E-state index contributed by atoms with van der Waals surface area (Å²) in [5, 5.41) is 10.6. The zero-order valence-electron chi connectivity index (χ0n) is 9.35. The average molecular weight is 261 g/mol. The molecule has 98 valence electrons. The molecule has 3 atom stereocenters. The summed E-state index contributed by atoms with van der Waals surface area (Å²) in [6.45, 7) is 0. The van der Waals surface area contributed by atoms with E-state index >= 15 is 0 Å². The van der Waals surface area contributed by atoms with Gasteiger partial charge in [-0.2, -0.15) is 13.2 Å². The van der Waals surface area contributed by atoms with Gasteiger partial charge in [-0.1, -0.05) is 12.1 Å². The summed E-state index contributed by atoms with van der Waals surface area (Å²) >= 11 is 0. The lowest BCUT2D eigenvalue weighted by Crippen LogP contribution is -2.17. The van der Waals surface area contributed by atoms with Crippen LogP contribution in [-0.2, 0) is 0 Å². The Morgan fingerprint density at radius 1 is 1.39 bits per heavy atom. The smallest absolute Gasteiger partial charge is 0.399 e. The fourth-order valence-corrected chi connectivity index (χ4v) is 2.21. The van der Waals surface area contributed by atoms with E-state index in [4.69, 9.17) is 4.74 Å². The molecular weight excluding hydrogens is 251 g/mol. The van der Waals surface area contributed by atoms with Crippen molar-refractivity contribution < 1.29 is 22.8 Å². The van der Waals surface area contributed by atoms with Gasteiger partial charge in [0.25, 0.3) is 0 Å². The largest absolute Gasteiger partial charge is 0.497 e. The van der Waals surface area contributed by atoms with E-state index in [-0.39, 0.29) is 0 Å². The molecule has 0 amide bonds. The molecule has 0 bridgehead atoms. The predicted octanol–water partition coefficient (Wildman–Crippen LogP) is 2.62. The normalized spacial score (nSPS) is 26.8. The van der Waals surface area contributed by atoms with Crippen molar-refractivity contribution in [3.8, 4) is 5.75 Å². The van der Waals surface area contributed by atoms with Crippen LogP contribution in [0.1, 0.15) is 11.5 Å². The van der Waals surface area contributed by atoms with Gasteiger partial charge < -0.3 is 4.74 Å². The number of methoxy groups -OCH3 is 1. The van der Waals surface area contributed by atoms with Gasteiger partial charge in [0, 0.05) is 4.92 Å². The van der Waals surface area contributed by atoms with Gasteiger partial charge in [-0.3, -0.25) is 10.1 Å². The van der Waals surface area contributed by atoms with Gasteiger partial charge in [0.05, 0.1) is 13.0 Å². The maximum atomic E-state index is 12.6. The first-order chi connectivity index (χ1) is 8.36. The van der Waals surface area contributed by atoms with E-state index in [1.54, 1.807) is 6.07 Å². The van der Waals surface area contributed by atoms with Crippen LogP contribution in [0, 0.1) is 16.0 Å². The van der Waals surface area contributed by atoms with Crippen molar-refractivity contribution in [2.24, 2.45) is 5.92 Å². The number of nitrogens with zero attached hydrogens (tertiary/aromatic N) is 1. The Morgan fingerprint density at radius 2 is 2.06 bits per heavy atom. The first-order valence-electron chi connectivity index (χ1n) is 5.20. The van der Waals surface area contributed by atoms with Crippen LogP contribution in [-0.4, -0.2) is 24.3 Å². The molecular formula is C11H10F3NO3. The maximum absolute atomic E-state index is 12.6. The van der Waals surface area contributed by atoms with Crippen molar-refractivity contribution in [2.75, 3.05) is 7.11 Å². The van der Waals surface area contributed by atoms with Crippen LogP contribution in [0.2, 0.25) is 0 Å². The van der Waals surface area contributed by atoms with Gasteiger partial charge in [-0.15, -0.1) is 0 Å². The van der Waals surface area contributed by atoms with Crippen molar-refractivity contribution in [1.29, 1.82) is 0 Å². The van der Waals surface area contributed by atoms with E-state index in [9.17, 15) is 23.3 Å². The minimum absolute atomic E-state index is 0.290. The molecule has 0 unspecified atom stereocenters. The molecule has 0 N–H and O–H groups in total. The Morgan fingerprint density at radius 3 is 2.50 bits per heavy atom. The Kier molecular flexibility index (Phi) is 2.92. The summed E-state index contributed by atoms with van der Waals surface area (Å²) in [6, 6.07) is 4.38. The molecule has 2 rings (SSSR count). The summed E-state index contributed by atoms with van der Waals surface area (Å²) in [5.74, 6) is -2.63. The lowest BCUT2D eigenvalue weighted by atomic mass is 10.1. The van der Waals surface area contributed by atoms with E-state index in [1.807, 2.05) is 0 Å². The number of halogens is 3. The molecule has 0 heterocycles. The molecule has 0 spiro atoms. The van der Waals surface area contributed by atoms with Gasteiger partial charge in [-0.25, -0.2) is 0 Å². The molecule has 1 aliphatic rings.